The smallest absolute Gasteiger partial charge is 0.133 e. The zero-order valence-corrected chi connectivity index (χ0v) is 7.54. The minimum Gasteiger partial charge on any atom is -0.506 e. The Balaban J connectivity index is 2.58. The molecule has 0 fully saturated rings. The fourth-order valence-electron chi connectivity index (χ4n) is 0.775. The molecule has 12 heavy (non-hydrogen) atoms. The second-order valence-corrected chi connectivity index (χ2v) is 2.80. The standard InChI is InChI=1S/C9H11NOS/c11-9-5-4-8(10-7-9)3-1-2-6-12/h1,3-5,7,11-12H,2,6H2. The van der Waals surface area contributed by atoms with Gasteiger partial charge in [0.2, 0.25) is 0 Å². The molecule has 1 heterocycles. The lowest BCUT2D eigenvalue weighted by Crippen LogP contribution is -1.78. The Hall–Kier alpha value is -0.960. The van der Waals surface area contributed by atoms with Crippen LogP contribution in [0.1, 0.15) is 12.1 Å². The molecule has 2 nitrogen and oxygen atoms in total. The van der Waals surface area contributed by atoms with E-state index in [0.717, 1.165) is 17.9 Å². The van der Waals surface area contributed by atoms with Crippen LogP contribution in [0.2, 0.25) is 0 Å². The number of pyridine rings is 1. The summed E-state index contributed by atoms with van der Waals surface area (Å²) in [4.78, 5) is 3.99. The van der Waals surface area contributed by atoms with Crippen LogP contribution < -0.4 is 0 Å². The number of hydrogen-bond donors (Lipinski definition) is 2. The minimum atomic E-state index is 0.196. The Morgan fingerprint density at radius 1 is 1.50 bits per heavy atom. The molecule has 64 valence electrons. The zero-order chi connectivity index (χ0) is 8.81. The minimum absolute atomic E-state index is 0.196. The highest BCUT2D eigenvalue weighted by Gasteiger charge is 1.87. The number of aromatic nitrogens is 1. The van der Waals surface area contributed by atoms with Crippen molar-refractivity contribution in [3.63, 3.8) is 0 Å². The predicted octanol–water partition coefficient (Wildman–Crippen LogP) is 2.12. The van der Waals surface area contributed by atoms with Crippen molar-refractivity contribution >= 4 is 18.7 Å². The van der Waals surface area contributed by atoms with Gasteiger partial charge >= 0.3 is 0 Å². The molecule has 1 aromatic heterocycles. The van der Waals surface area contributed by atoms with Gasteiger partial charge in [0.25, 0.3) is 0 Å². The van der Waals surface area contributed by atoms with E-state index < -0.39 is 0 Å². The van der Waals surface area contributed by atoms with Crippen LogP contribution in [0.15, 0.2) is 24.4 Å². The summed E-state index contributed by atoms with van der Waals surface area (Å²) in [5, 5.41) is 8.93. The summed E-state index contributed by atoms with van der Waals surface area (Å²) in [5.41, 5.74) is 0.856. The van der Waals surface area contributed by atoms with Gasteiger partial charge in [-0.15, -0.1) is 0 Å². The molecule has 1 rings (SSSR count). The van der Waals surface area contributed by atoms with Crippen LogP contribution in [-0.4, -0.2) is 15.8 Å². The molecular weight excluding hydrogens is 170 g/mol. The van der Waals surface area contributed by atoms with Crippen molar-refractivity contribution in [1.29, 1.82) is 0 Å². The lowest BCUT2D eigenvalue weighted by Gasteiger charge is -1.92. The first kappa shape index (κ1) is 9.13. The van der Waals surface area contributed by atoms with E-state index in [1.807, 2.05) is 12.2 Å². The Morgan fingerprint density at radius 3 is 2.92 bits per heavy atom. The van der Waals surface area contributed by atoms with E-state index in [9.17, 15) is 0 Å². The summed E-state index contributed by atoms with van der Waals surface area (Å²) in [7, 11) is 0. The maximum absolute atomic E-state index is 8.93. The number of hydrogen-bond acceptors (Lipinski definition) is 3. The fraction of sp³-hybridized carbons (Fsp3) is 0.222. The third-order valence-corrected chi connectivity index (χ3v) is 1.61. The molecule has 0 bridgehead atoms. The van der Waals surface area contributed by atoms with Crippen LogP contribution in [-0.2, 0) is 0 Å². The lowest BCUT2D eigenvalue weighted by atomic mass is 10.3. The molecule has 1 N–H and O–H groups in total. The van der Waals surface area contributed by atoms with Gasteiger partial charge in [-0.3, -0.25) is 4.98 Å². The summed E-state index contributed by atoms with van der Waals surface area (Å²) >= 11 is 4.07. The highest BCUT2D eigenvalue weighted by molar-refractivity contribution is 7.80. The molecule has 0 radical (unpaired) electrons. The average Bonchev–Trinajstić information content (AvgIpc) is 2.09. The number of aromatic hydroxyl groups is 1. The Morgan fingerprint density at radius 2 is 2.33 bits per heavy atom. The van der Waals surface area contributed by atoms with Crippen LogP contribution in [0.3, 0.4) is 0 Å². The lowest BCUT2D eigenvalue weighted by molar-refractivity contribution is 0.472. The van der Waals surface area contributed by atoms with Gasteiger partial charge in [0, 0.05) is 0 Å². The molecule has 0 aliphatic carbocycles. The highest BCUT2D eigenvalue weighted by atomic mass is 32.1. The van der Waals surface area contributed by atoms with Gasteiger partial charge in [0.05, 0.1) is 11.9 Å². The summed E-state index contributed by atoms with van der Waals surface area (Å²) in [6, 6.07) is 3.39. The molecule has 0 saturated carbocycles. The van der Waals surface area contributed by atoms with Crippen molar-refractivity contribution in [2.24, 2.45) is 0 Å². The summed E-state index contributed by atoms with van der Waals surface area (Å²) in [6.07, 6.45) is 6.29. The topological polar surface area (TPSA) is 33.1 Å². The third-order valence-electron chi connectivity index (χ3n) is 1.36. The van der Waals surface area contributed by atoms with Crippen LogP contribution in [0.25, 0.3) is 6.08 Å². The zero-order valence-electron chi connectivity index (χ0n) is 6.64. The quantitative estimate of drug-likeness (QED) is 0.700. The second kappa shape index (κ2) is 4.83. The van der Waals surface area contributed by atoms with Crippen molar-refractivity contribution in [2.75, 3.05) is 5.75 Å². The number of thiol groups is 1. The van der Waals surface area contributed by atoms with Gasteiger partial charge in [0.15, 0.2) is 0 Å². The van der Waals surface area contributed by atoms with Gasteiger partial charge in [0.1, 0.15) is 5.75 Å². The fourth-order valence-corrected chi connectivity index (χ4v) is 0.924. The molecule has 1 aromatic rings. The van der Waals surface area contributed by atoms with E-state index in [2.05, 4.69) is 17.6 Å². The molecule has 0 spiro atoms. The Labute approximate surface area is 77.4 Å². The molecule has 0 unspecified atom stereocenters. The van der Waals surface area contributed by atoms with E-state index in [4.69, 9.17) is 5.11 Å². The van der Waals surface area contributed by atoms with Crippen molar-refractivity contribution < 1.29 is 5.11 Å². The number of nitrogens with zero attached hydrogens (tertiary/aromatic N) is 1. The van der Waals surface area contributed by atoms with Crippen LogP contribution in [0.4, 0.5) is 0 Å². The van der Waals surface area contributed by atoms with E-state index in [1.54, 1.807) is 12.1 Å². The molecule has 0 aromatic carbocycles. The number of allylic oxidation sites excluding steroid dienone is 1. The van der Waals surface area contributed by atoms with Crippen LogP contribution >= 0.6 is 12.6 Å². The normalized spacial score (nSPS) is 10.8. The molecule has 0 atom stereocenters. The maximum Gasteiger partial charge on any atom is 0.133 e. The number of rotatable bonds is 3. The van der Waals surface area contributed by atoms with Gasteiger partial charge < -0.3 is 5.11 Å². The molecule has 0 saturated heterocycles. The summed E-state index contributed by atoms with van der Waals surface area (Å²) < 4.78 is 0. The van der Waals surface area contributed by atoms with Gasteiger partial charge in [-0.1, -0.05) is 6.08 Å². The predicted molar refractivity (Wildman–Crippen MR) is 53.4 cm³/mol. The maximum atomic E-state index is 8.93. The average molecular weight is 181 g/mol. The van der Waals surface area contributed by atoms with E-state index in [1.165, 1.54) is 6.20 Å². The molecule has 0 amide bonds. The van der Waals surface area contributed by atoms with Gasteiger partial charge in [-0.25, -0.2) is 0 Å². The highest BCUT2D eigenvalue weighted by Crippen LogP contribution is 2.07. The van der Waals surface area contributed by atoms with Crippen LogP contribution in [0.5, 0.6) is 5.75 Å². The van der Waals surface area contributed by atoms with Crippen molar-refractivity contribution in [1.82, 2.24) is 4.98 Å². The second-order valence-electron chi connectivity index (χ2n) is 2.36. The van der Waals surface area contributed by atoms with Crippen molar-refractivity contribution in [3.05, 3.63) is 30.1 Å². The van der Waals surface area contributed by atoms with Crippen molar-refractivity contribution in [3.8, 4) is 5.75 Å². The molecule has 0 aliphatic heterocycles. The summed E-state index contributed by atoms with van der Waals surface area (Å²) in [5.74, 6) is 1.04. The van der Waals surface area contributed by atoms with E-state index >= 15 is 0 Å². The SMILES string of the molecule is Oc1ccc(C=CCCS)nc1. The molecule has 3 heteroatoms. The van der Waals surface area contributed by atoms with E-state index in [0.29, 0.717) is 0 Å². The van der Waals surface area contributed by atoms with E-state index in [-0.39, 0.29) is 5.75 Å². The monoisotopic (exact) mass is 181 g/mol. The first-order valence-electron chi connectivity index (χ1n) is 3.75. The Kier molecular flexibility index (Phi) is 3.67. The summed E-state index contributed by atoms with van der Waals surface area (Å²) in [6.45, 7) is 0. The molecular formula is C9H11NOS. The van der Waals surface area contributed by atoms with Gasteiger partial charge in [-0.2, -0.15) is 12.6 Å². The third kappa shape index (κ3) is 2.96. The van der Waals surface area contributed by atoms with Crippen LogP contribution in [0, 0.1) is 0 Å². The van der Waals surface area contributed by atoms with Gasteiger partial charge in [-0.05, 0) is 30.4 Å². The molecule has 0 aliphatic rings. The first-order chi connectivity index (χ1) is 5.83. The Bertz CT molecular complexity index is 256. The van der Waals surface area contributed by atoms with Crippen molar-refractivity contribution in [2.45, 2.75) is 6.42 Å². The first-order valence-corrected chi connectivity index (χ1v) is 4.38. The largest absolute Gasteiger partial charge is 0.506 e.